The van der Waals surface area contributed by atoms with Crippen LogP contribution in [-0.2, 0) is 18.4 Å². The third-order valence-electron chi connectivity index (χ3n) is 10.5. The van der Waals surface area contributed by atoms with Crippen molar-refractivity contribution in [3.05, 3.63) is 12.2 Å². The molecule has 0 rings (SSSR count). The number of hydrogen-bond acceptors (Lipinski definition) is 6. The van der Waals surface area contributed by atoms with Gasteiger partial charge in [0.1, 0.15) is 13.2 Å². The molecule has 0 bridgehead atoms. The monoisotopic (exact) mass is 787 g/mol. The van der Waals surface area contributed by atoms with E-state index in [2.05, 4.69) is 19.2 Å². The van der Waals surface area contributed by atoms with Gasteiger partial charge in [-0.2, -0.15) is 0 Å². The first kappa shape index (κ1) is 53.2. The highest BCUT2D eigenvalue weighted by molar-refractivity contribution is 7.45. The number of quaternary nitrogens is 1. The van der Waals surface area contributed by atoms with Crippen molar-refractivity contribution >= 4 is 13.7 Å². The van der Waals surface area contributed by atoms with E-state index < -0.39 is 20.0 Å². The first-order valence-electron chi connectivity index (χ1n) is 23.1. The summed E-state index contributed by atoms with van der Waals surface area (Å²) in [6, 6.07) is -0.878. The Morgan fingerprint density at radius 1 is 0.630 bits per heavy atom. The average Bonchev–Trinajstić information content (AvgIpc) is 3.12. The van der Waals surface area contributed by atoms with Crippen molar-refractivity contribution < 1.29 is 32.9 Å². The van der Waals surface area contributed by atoms with Gasteiger partial charge in [0.15, 0.2) is 0 Å². The highest BCUT2D eigenvalue weighted by atomic mass is 31.2. The predicted molar refractivity (Wildman–Crippen MR) is 229 cm³/mol. The molecule has 54 heavy (non-hydrogen) atoms. The highest BCUT2D eigenvalue weighted by Crippen LogP contribution is 2.38. The maximum atomic E-state index is 12.7. The number of aliphatic hydroxyl groups is 1. The fourth-order valence-corrected chi connectivity index (χ4v) is 7.52. The van der Waals surface area contributed by atoms with Gasteiger partial charge >= 0.3 is 0 Å². The number of nitrogens with zero attached hydrogens (tertiary/aromatic N) is 1. The molecule has 0 aromatic carbocycles. The van der Waals surface area contributed by atoms with E-state index in [1.54, 1.807) is 6.08 Å². The predicted octanol–water partition coefficient (Wildman–Crippen LogP) is 12.1. The molecular formula is C45H91N2O6P. The molecule has 0 radical (unpaired) electrons. The lowest BCUT2D eigenvalue weighted by atomic mass is 10.0. The van der Waals surface area contributed by atoms with Crippen LogP contribution in [0.25, 0.3) is 0 Å². The van der Waals surface area contributed by atoms with Crippen LogP contribution < -0.4 is 10.2 Å². The first-order chi connectivity index (χ1) is 26.0. The van der Waals surface area contributed by atoms with Crippen molar-refractivity contribution in [1.29, 1.82) is 0 Å². The lowest BCUT2D eigenvalue weighted by Crippen LogP contribution is -2.45. The quantitative estimate of drug-likeness (QED) is 0.0276. The lowest BCUT2D eigenvalue weighted by Gasteiger charge is -2.29. The number of allylic oxidation sites excluding steroid dienone is 1. The third-order valence-corrected chi connectivity index (χ3v) is 11.5. The number of nitrogens with one attached hydrogen (secondary N) is 1. The first-order valence-corrected chi connectivity index (χ1v) is 24.5. The number of likely N-dealkylation sites (N-methyl/N-ethyl adjacent to an activating group) is 1. The number of phosphoric ester groups is 1. The Hall–Kier alpha value is -0.760. The second-order valence-electron chi connectivity index (χ2n) is 17.1. The Morgan fingerprint density at radius 2 is 1.00 bits per heavy atom. The fourth-order valence-electron chi connectivity index (χ4n) is 6.80. The molecule has 0 aromatic rings. The van der Waals surface area contributed by atoms with E-state index in [-0.39, 0.29) is 19.1 Å². The molecule has 1 amide bonds. The molecule has 0 saturated heterocycles. The summed E-state index contributed by atoms with van der Waals surface area (Å²) < 4.78 is 23.1. The van der Waals surface area contributed by atoms with Crippen molar-refractivity contribution in [2.75, 3.05) is 40.9 Å². The molecular weight excluding hydrogens is 695 g/mol. The third kappa shape index (κ3) is 39.5. The summed E-state index contributed by atoms with van der Waals surface area (Å²) in [6.07, 6.45) is 42.9. The molecule has 8 nitrogen and oxygen atoms in total. The van der Waals surface area contributed by atoms with Crippen LogP contribution in [0.3, 0.4) is 0 Å². The van der Waals surface area contributed by atoms with Gasteiger partial charge in [0.2, 0.25) is 5.91 Å². The van der Waals surface area contributed by atoms with Gasteiger partial charge in [0.25, 0.3) is 7.82 Å². The summed E-state index contributed by atoms with van der Waals surface area (Å²) >= 11 is 0. The molecule has 3 atom stereocenters. The van der Waals surface area contributed by atoms with E-state index in [1.807, 2.05) is 27.2 Å². The van der Waals surface area contributed by atoms with Crippen molar-refractivity contribution in [2.45, 2.75) is 231 Å². The molecule has 2 N–H and O–H groups in total. The van der Waals surface area contributed by atoms with Crippen LogP contribution in [0, 0.1) is 0 Å². The molecule has 322 valence electrons. The molecule has 0 aromatic heterocycles. The second kappa shape index (κ2) is 37.8. The normalized spacial score (nSPS) is 14.4. The van der Waals surface area contributed by atoms with Gasteiger partial charge in [0, 0.05) is 6.42 Å². The number of carbonyl (C=O) groups excluding carboxylic acids is 1. The van der Waals surface area contributed by atoms with Crippen LogP contribution >= 0.6 is 7.82 Å². The van der Waals surface area contributed by atoms with Gasteiger partial charge in [-0.15, -0.1) is 0 Å². The fraction of sp³-hybridized carbons (Fsp3) is 0.933. The van der Waals surface area contributed by atoms with Crippen LogP contribution in [0.1, 0.15) is 219 Å². The standard InChI is InChI=1S/C45H91N2O6P/c1-6-8-10-12-14-15-16-17-18-19-20-21-22-23-24-25-26-27-28-29-30-31-33-34-36-38-44(48)43(42-53-54(50,51)52-41-40-47(3,4)5)46-45(49)39-37-35-32-13-11-9-7-2/h36,38,43-44,48H,6-35,37,39-42H2,1-5H3,(H-,46,49,50,51)/b38-36+. The Bertz CT molecular complexity index is 896. The van der Waals surface area contributed by atoms with E-state index in [1.165, 1.54) is 161 Å². The SMILES string of the molecule is CCCCCCCCCCCCCCCCCCCCCCCCC/C=C/C(O)C(COP(=O)([O-])OCC[N+](C)(C)C)NC(=O)CCCCCCCCC. The zero-order chi connectivity index (χ0) is 40.0. The minimum absolute atomic E-state index is 0.00157. The zero-order valence-corrected chi connectivity index (χ0v) is 37.3. The summed E-state index contributed by atoms with van der Waals surface area (Å²) in [6.45, 7) is 4.61. The van der Waals surface area contributed by atoms with Gasteiger partial charge in [-0.05, 0) is 19.3 Å². The number of phosphoric acid groups is 1. The molecule has 0 spiro atoms. The number of unbranched alkanes of at least 4 members (excludes halogenated alkanes) is 29. The topological polar surface area (TPSA) is 108 Å². The molecule has 0 aliphatic heterocycles. The van der Waals surface area contributed by atoms with Gasteiger partial charge < -0.3 is 28.8 Å². The minimum atomic E-state index is -4.57. The van der Waals surface area contributed by atoms with E-state index in [0.717, 1.165) is 38.5 Å². The number of amides is 1. The van der Waals surface area contributed by atoms with Gasteiger partial charge in [-0.25, -0.2) is 0 Å². The van der Waals surface area contributed by atoms with Crippen molar-refractivity contribution in [3.63, 3.8) is 0 Å². The van der Waals surface area contributed by atoms with Crippen molar-refractivity contribution in [1.82, 2.24) is 5.32 Å². The highest BCUT2D eigenvalue weighted by Gasteiger charge is 2.23. The molecule has 0 fully saturated rings. The maximum Gasteiger partial charge on any atom is 0.268 e. The molecule has 0 heterocycles. The van der Waals surface area contributed by atoms with Crippen LogP contribution in [0.2, 0.25) is 0 Å². The summed E-state index contributed by atoms with van der Waals surface area (Å²) in [5.74, 6) is -0.203. The zero-order valence-electron chi connectivity index (χ0n) is 36.4. The van der Waals surface area contributed by atoms with Crippen LogP contribution in [0.4, 0.5) is 0 Å². The summed E-state index contributed by atoms with van der Waals surface area (Å²) in [7, 11) is 1.27. The van der Waals surface area contributed by atoms with Gasteiger partial charge in [0.05, 0.1) is 39.9 Å². The molecule has 9 heteroatoms. The van der Waals surface area contributed by atoms with E-state index in [9.17, 15) is 19.4 Å². The molecule has 3 unspecified atom stereocenters. The number of rotatable bonds is 42. The van der Waals surface area contributed by atoms with E-state index in [4.69, 9.17) is 9.05 Å². The number of hydrogen-bond donors (Lipinski definition) is 2. The molecule has 0 aliphatic rings. The largest absolute Gasteiger partial charge is 0.756 e. The average molecular weight is 787 g/mol. The summed E-state index contributed by atoms with van der Waals surface area (Å²) in [4.78, 5) is 25.1. The van der Waals surface area contributed by atoms with Crippen molar-refractivity contribution in [3.8, 4) is 0 Å². The Kier molecular flexibility index (Phi) is 37.3. The second-order valence-corrected chi connectivity index (χ2v) is 18.5. The summed E-state index contributed by atoms with van der Waals surface area (Å²) in [5.41, 5.74) is 0. The lowest BCUT2D eigenvalue weighted by molar-refractivity contribution is -0.870. The van der Waals surface area contributed by atoms with E-state index in [0.29, 0.717) is 17.4 Å². The maximum absolute atomic E-state index is 12.7. The smallest absolute Gasteiger partial charge is 0.268 e. The van der Waals surface area contributed by atoms with Crippen LogP contribution in [0.15, 0.2) is 12.2 Å². The Balaban J connectivity index is 4.11. The number of carbonyl (C=O) groups is 1. The van der Waals surface area contributed by atoms with E-state index >= 15 is 0 Å². The van der Waals surface area contributed by atoms with Gasteiger partial charge in [-0.1, -0.05) is 206 Å². The van der Waals surface area contributed by atoms with Crippen LogP contribution in [0.5, 0.6) is 0 Å². The summed E-state index contributed by atoms with van der Waals surface area (Å²) in [5, 5.41) is 13.7. The molecule has 0 aliphatic carbocycles. The van der Waals surface area contributed by atoms with Gasteiger partial charge in [-0.3, -0.25) is 9.36 Å². The Morgan fingerprint density at radius 3 is 1.39 bits per heavy atom. The molecule has 0 saturated carbocycles. The minimum Gasteiger partial charge on any atom is -0.756 e. The Labute approximate surface area is 335 Å². The van der Waals surface area contributed by atoms with Crippen LogP contribution in [-0.4, -0.2) is 68.5 Å². The van der Waals surface area contributed by atoms with Crippen molar-refractivity contribution in [2.24, 2.45) is 0 Å². The number of aliphatic hydroxyl groups excluding tert-OH is 1.